The molecule has 0 bridgehead atoms. The molecule has 5 N–H and O–H groups in total. The van der Waals surface area contributed by atoms with E-state index in [1.807, 2.05) is 30.3 Å². The van der Waals surface area contributed by atoms with Crippen LogP contribution >= 0.6 is 0 Å². The van der Waals surface area contributed by atoms with Crippen LogP contribution in [0.2, 0.25) is 0 Å². The second-order valence-corrected chi connectivity index (χ2v) is 8.18. The number of benzene rings is 1. The maximum absolute atomic E-state index is 13.2. The fourth-order valence-electron chi connectivity index (χ4n) is 5.02. The first-order valence-corrected chi connectivity index (χ1v) is 9.62. The Morgan fingerprint density at radius 3 is 2.60 bits per heavy atom. The van der Waals surface area contributed by atoms with E-state index in [0.717, 1.165) is 45.2 Å². The lowest BCUT2D eigenvalue weighted by Crippen LogP contribution is -2.58. The highest BCUT2D eigenvalue weighted by atomic mass is 16.3. The summed E-state index contributed by atoms with van der Waals surface area (Å²) < 4.78 is 0. The number of nitrogens with two attached hydrogens (primary N) is 1. The average Bonchev–Trinajstić information content (AvgIpc) is 3.23. The van der Waals surface area contributed by atoms with Gasteiger partial charge in [0.2, 0.25) is 0 Å². The first kappa shape index (κ1) is 17.0. The van der Waals surface area contributed by atoms with Gasteiger partial charge in [0.25, 0.3) is 5.91 Å². The van der Waals surface area contributed by atoms with Gasteiger partial charge in [0.05, 0.1) is 6.17 Å². The molecule has 4 atom stereocenters. The Morgan fingerprint density at radius 1 is 1.28 bits per heavy atom. The molecular formula is C20H29N3O2. The van der Waals surface area contributed by atoms with Crippen LogP contribution in [0.4, 0.5) is 0 Å². The van der Waals surface area contributed by atoms with Crippen LogP contribution in [0.5, 0.6) is 0 Å². The zero-order valence-corrected chi connectivity index (χ0v) is 14.7. The van der Waals surface area contributed by atoms with Gasteiger partial charge in [-0.15, -0.1) is 0 Å². The molecule has 3 fully saturated rings. The lowest BCUT2D eigenvalue weighted by molar-refractivity contribution is -0.150. The topological polar surface area (TPSA) is 87.4 Å². The van der Waals surface area contributed by atoms with Gasteiger partial charge >= 0.3 is 0 Å². The molecule has 5 heteroatoms. The van der Waals surface area contributed by atoms with Crippen LogP contribution in [-0.4, -0.2) is 30.3 Å². The van der Waals surface area contributed by atoms with Crippen LogP contribution < -0.4 is 16.4 Å². The molecule has 3 aliphatic rings. The van der Waals surface area contributed by atoms with E-state index >= 15 is 0 Å². The summed E-state index contributed by atoms with van der Waals surface area (Å²) in [5, 5.41) is 17.9. The molecule has 4 rings (SSSR count). The first-order valence-electron chi connectivity index (χ1n) is 9.62. The van der Waals surface area contributed by atoms with Crippen molar-refractivity contribution in [3.8, 4) is 0 Å². The summed E-state index contributed by atoms with van der Waals surface area (Å²) in [6.07, 6.45) is 5.73. The highest BCUT2D eigenvalue weighted by Gasteiger charge is 2.61. The van der Waals surface area contributed by atoms with Gasteiger partial charge in [0.15, 0.2) is 5.60 Å². The smallest absolute Gasteiger partial charge is 0.258 e. The Hall–Kier alpha value is -1.43. The van der Waals surface area contributed by atoms with Gasteiger partial charge in [-0.3, -0.25) is 4.79 Å². The minimum atomic E-state index is -1.49. The quantitative estimate of drug-likeness (QED) is 0.610. The monoisotopic (exact) mass is 343 g/mol. The summed E-state index contributed by atoms with van der Waals surface area (Å²) in [5.74, 6) is 0.178. The lowest BCUT2D eigenvalue weighted by atomic mass is 9.72. The zero-order chi connectivity index (χ0) is 17.5. The molecule has 1 saturated heterocycles. The Kier molecular flexibility index (Phi) is 4.34. The molecule has 1 amide bonds. The Balaban J connectivity index is 1.58. The van der Waals surface area contributed by atoms with Crippen LogP contribution in [0, 0.1) is 17.3 Å². The Bertz CT molecular complexity index is 631. The maximum Gasteiger partial charge on any atom is 0.258 e. The molecular weight excluding hydrogens is 314 g/mol. The highest BCUT2D eigenvalue weighted by Crippen LogP contribution is 2.56. The predicted octanol–water partition coefficient (Wildman–Crippen LogP) is 1.46. The van der Waals surface area contributed by atoms with Crippen molar-refractivity contribution < 1.29 is 9.90 Å². The molecule has 25 heavy (non-hydrogen) atoms. The second-order valence-electron chi connectivity index (χ2n) is 8.18. The van der Waals surface area contributed by atoms with Gasteiger partial charge < -0.3 is 21.5 Å². The lowest BCUT2D eigenvalue weighted by Gasteiger charge is -2.39. The second kappa shape index (κ2) is 6.38. The fourth-order valence-corrected chi connectivity index (χ4v) is 5.02. The molecule has 0 radical (unpaired) electrons. The van der Waals surface area contributed by atoms with Gasteiger partial charge in [-0.1, -0.05) is 49.6 Å². The minimum Gasteiger partial charge on any atom is -0.375 e. The molecule has 2 saturated carbocycles. The number of carbonyl (C=O) groups excluding carboxylic acids is 1. The Morgan fingerprint density at radius 2 is 2.00 bits per heavy atom. The van der Waals surface area contributed by atoms with E-state index in [1.165, 1.54) is 6.42 Å². The largest absolute Gasteiger partial charge is 0.375 e. The van der Waals surface area contributed by atoms with Crippen LogP contribution in [-0.2, 0) is 10.4 Å². The number of amides is 1. The molecule has 136 valence electrons. The summed E-state index contributed by atoms with van der Waals surface area (Å²) >= 11 is 0. The Labute approximate surface area is 149 Å². The molecule has 1 aromatic carbocycles. The van der Waals surface area contributed by atoms with Crippen LogP contribution in [0.1, 0.15) is 44.1 Å². The van der Waals surface area contributed by atoms with Gasteiger partial charge in [-0.05, 0) is 37.3 Å². The molecule has 4 unspecified atom stereocenters. The van der Waals surface area contributed by atoms with Crippen molar-refractivity contribution in [2.45, 2.75) is 50.3 Å². The fraction of sp³-hybridized carbons (Fsp3) is 0.650. The summed E-state index contributed by atoms with van der Waals surface area (Å²) in [5.41, 5.74) is 5.55. The van der Waals surface area contributed by atoms with Gasteiger partial charge in [0, 0.05) is 17.9 Å². The summed E-state index contributed by atoms with van der Waals surface area (Å²) in [7, 11) is 0. The van der Waals surface area contributed by atoms with E-state index in [-0.39, 0.29) is 17.2 Å². The number of carbonyl (C=O) groups is 1. The average molecular weight is 343 g/mol. The number of fused-ring (bicyclic) bond motifs is 1. The molecule has 1 aromatic rings. The number of hydrogen-bond acceptors (Lipinski definition) is 4. The van der Waals surface area contributed by atoms with Gasteiger partial charge in [-0.25, -0.2) is 0 Å². The third-order valence-electron chi connectivity index (χ3n) is 6.79. The summed E-state index contributed by atoms with van der Waals surface area (Å²) in [4.78, 5) is 13.2. The van der Waals surface area contributed by atoms with Crippen LogP contribution in [0.15, 0.2) is 30.3 Å². The maximum atomic E-state index is 13.2. The van der Waals surface area contributed by atoms with Crippen molar-refractivity contribution in [1.29, 1.82) is 0 Å². The number of piperidine rings is 1. The van der Waals surface area contributed by atoms with Gasteiger partial charge in [0.1, 0.15) is 0 Å². The number of aliphatic hydroxyl groups is 1. The van der Waals surface area contributed by atoms with E-state index in [1.54, 1.807) is 0 Å². The first-order chi connectivity index (χ1) is 12.1. The minimum absolute atomic E-state index is 0.0141. The number of nitrogens with one attached hydrogen (secondary N) is 2. The molecule has 0 spiro atoms. The predicted molar refractivity (Wildman–Crippen MR) is 96.4 cm³/mol. The van der Waals surface area contributed by atoms with E-state index in [2.05, 4.69) is 10.6 Å². The number of rotatable bonds is 5. The standard InChI is InChI=1S/C20H29N3O2/c21-17(19-11-16(19)12-22-13-19)23-18(24)20(25,14-7-3-1-4-8-14)15-9-5-2-6-10-15/h1,3-4,7-8,15-17,22,25H,2,5-6,9-13,21H2,(H,23,24). The van der Waals surface area contributed by atoms with Crippen molar-refractivity contribution in [1.82, 2.24) is 10.6 Å². The molecule has 1 aliphatic heterocycles. The molecule has 0 aromatic heterocycles. The van der Waals surface area contributed by atoms with Crippen molar-refractivity contribution in [3.63, 3.8) is 0 Å². The zero-order valence-electron chi connectivity index (χ0n) is 14.7. The van der Waals surface area contributed by atoms with Crippen molar-refractivity contribution in [2.75, 3.05) is 13.1 Å². The summed E-state index contributed by atoms with van der Waals surface area (Å²) in [6.45, 7) is 1.83. The molecule has 1 heterocycles. The van der Waals surface area contributed by atoms with E-state index < -0.39 is 11.8 Å². The van der Waals surface area contributed by atoms with Gasteiger partial charge in [-0.2, -0.15) is 0 Å². The van der Waals surface area contributed by atoms with E-state index in [9.17, 15) is 9.90 Å². The highest BCUT2D eigenvalue weighted by molar-refractivity contribution is 5.87. The van der Waals surface area contributed by atoms with Crippen LogP contribution in [0.25, 0.3) is 0 Å². The normalized spacial score (nSPS) is 32.5. The van der Waals surface area contributed by atoms with E-state index in [4.69, 9.17) is 5.73 Å². The van der Waals surface area contributed by atoms with Crippen molar-refractivity contribution >= 4 is 5.91 Å². The third-order valence-corrected chi connectivity index (χ3v) is 6.79. The third kappa shape index (κ3) is 2.78. The molecule has 2 aliphatic carbocycles. The number of hydrogen-bond donors (Lipinski definition) is 4. The van der Waals surface area contributed by atoms with Crippen molar-refractivity contribution in [3.05, 3.63) is 35.9 Å². The van der Waals surface area contributed by atoms with E-state index in [0.29, 0.717) is 11.5 Å². The van der Waals surface area contributed by atoms with Crippen molar-refractivity contribution in [2.24, 2.45) is 23.0 Å². The summed E-state index contributed by atoms with van der Waals surface area (Å²) in [6, 6.07) is 9.39. The van der Waals surface area contributed by atoms with Crippen LogP contribution in [0.3, 0.4) is 0 Å². The SMILES string of the molecule is NC(NC(=O)C(O)(c1ccccc1)C1CCCCC1)C12CNCC1C2. The molecule has 5 nitrogen and oxygen atoms in total.